The normalized spacial score (nSPS) is 12.7. The van der Waals surface area contributed by atoms with Gasteiger partial charge in [-0.05, 0) is 71.1 Å². The zero-order valence-corrected chi connectivity index (χ0v) is 36.2. The summed E-state index contributed by atoms with van der Waals surface area (Å²) in [5.41, 5.74) is 0. The van der Waals surface area contributed by atoms with Gasteiger partial charge in [0, 0.05) is 12.8 Å². The fraction of sp³-hybridized carbons (Fsp3) is 0.867. The Morgan fingerprint density at radius 1 is 0.471 bits per heavy atom. The molecule has 0 saturated heterocycles. The maximum absolute atomic E-state index is 12.7. The van der Waals surface area contributed by atoms with E-state index in [1.54, 1.807) is 0 Å². The Hall–Kier alpha value is -1.33. The lowest BCUT2D eigenvalue weighted by atomic mass is 10.1. The monoisotopic (exact) mass is 742 g/mol. The number of halogens is 1. The third-order valence-corrected chi connectivity index (χ3v) is 9.02. The third kappa shape index (κ3) is 41.3. The molecule has 0 saturated carbocycles. The van der Waals surface area contributed by atoms with Gasteiger partial charge in [-0.25, -0.2) is 0 Å². The fourth-order valence-electron chi connectivity index (χ4n) is 6.08. The van der Waals surface area contributed by atoms with Crippen LogP contribution in [0.5, 0.6) is 0 Å². The number of nitrogens with zero attached hydrogens (tertiary/aromatic N) is 1. The Bertz CT molecular complexity index is 792. The Kier molecular flexibility index (Phi) is 43.9. The van der Waals surface area contributed by atoms with Crippen LogP contribution in [0.4, 0.5) is 0 Å². The van der Waals surface area contributed by atoms with Crippen LogP contribution in [-0.2, 0) is 19.1 Å². The van der Waals surface area contributed by atoms with E-state index in [9.17, 15) is 9.59 Å². The van der Waals surface area contributed by atoms with Crippen molar-refractivity contribution in [1.82, 2.24) is 0 Å². The highest BCUT2D eigenvalue weighted by Crippen LogP contribution is 2.18. The Labute approximate surface area is 325 Å². The number of unbranched alkanes of at least 4 members (excludes halogenated alkanes) is 22. The van der Waals surface area contributed by atoms with E-state index in [1.807, 2.05) is 28.1 Å². The number of hydrogen-bond donors (Lipinski definition) is 0. The highest BCUT2D eigenvalue weighted by molar-refractivity contribution is 5.70. The summed E-state index contributed by atoms with van der Waals surface area (Å²) in [6.07, 6.45) is 42.6. The SMILES string of the molecule is CCC.CCCCCCCC/C=C\CCCCCCCC(=O)OC(C)C(OC(=O)CCCCCCC/C=C\CCCCCCCC)[N+](C)(C)C.[Cl-]. The molecule has 51 heavy (non-hydrogen) atoms. The third-order valence-electron chi connectivity index (χ3n) is 9.02. The molecular weight excluding hydrogens is 654 g/mol. The molecule has 2 unspecified atom stereocenters. The van der Waals surface area contributed by atoms with E-state index in [1.165, 1.54) is 122 Å². The molecule has 304 valence electrons. The maximum Gasteiger partial charge on any atom is 0.310 e. The Morgan fingerprint density at radius 2 is 0.745 bits per heavy atom. The van der Waals surface area contributed by atoms with Crippen LogP contribution < -0.4 is 12.4 Å². The van der Waals surface area contributed by atoms with Crippen molar-refractivity contribution in [3.63, 3.8) is 0 Å². The Morgan fingerprint density at radius 3 is 1.06 bits per heavy atom. The molecule has 0 rings (SSSR count). The fourth-order valence-corrected chi connectivity index (χ4v) is 6.08. The molecule has 0 bridgehead atoms. The molecule has 0 aliphatic rings. The number of hydrogen-bond acceptors (Lipinski definition) is 4. The average Bonchev–Trinajstić information content (AvgIpc) is 3.07. The summed E-state index contributed by atoms with van der Waals surface area (Å²) in [7, 11) is 5.94. The molecule has 0 amide bonds. The number of carbonyl (C=O) groups excluding carboxylic acids is 2. The topological polar surface area (TPSA) is 52.6 Å². The minimum atomic E-state index is -0.510. The predicted octanol–water partition coefficient (Wildman–Crippen LogP) is 11.0. The smallest absolute Gasteiger partial charge is 0.310 e. The summed E-state index contributed by atoms with van der Waals surface area (Å²) >= 11 is 0. The van der Waals surface area contributed by atoms with Crippen molar-refractivity contribution in [2.45, 2.75) is 233 Å². The van der Waals surface area contributed by atoms with E-state index in [2.05, 4.69) is 52.0 Å². The lowest BCUT2D eigenvalue weighted by Crippen LogP contribution is -3.00. The molecular formula is C45H88ClNO4. The summed E-state index contributed by atoms with van der Waals surface area (Å²) in [6, 6.07) is 0. The van der Waals surface area contributed by atoms with Gasteiger partial charge >= 0.3 is 11.9 Å². The quantitative estimate of drug-likeness (QED) is 0.0217. The molecule has 0 spiro atoms. The van der Waals surface area contributed by atoms with Gasteiger partial charge < -0.3 is 21.9 Å². The highest BCUT2D eigenvalue weighted by atomic mass is 35.5. The summed E-state index contributed by atoms with van der Waals surface area (Å²) in [4.78, 5) is 25.2. The van der Waals surface area contributed by atoms with Crippen molar-refractivity contribution in [3.8, 4) is 0 Å². The predicted molar refractivity (Wildman–Crippen MR) is 218 cm³/mol. The second kappa shape index (κ2) is 41.4. The average molecular weight is 743 g/mol. The van der Waals surface area contributed by atoms with Gasteiger partial charge in [0.1, 0.15) is 0 Å². The molecule has 0 fully saturated rings. The van der Waals surface area contributed by atoms with Gasteiger partial charge in [0.05, 0.1) is 21.1 Å². The maximum atomic E-state index is 12.7. The van der Waals surface area contributed by atoms with E-state index in [4.69, 9.17) is 9.47 Å². The zero-order valence-electron chi connectivity index (χ0n) is 35.4. The van der Waals surface area contributed by atoms with E-state index < -0.39 is 12.3 Å². The molecule has 5 nitrogen and oxygen atoms in total. The summed E-state index contributed by atoms with van der Waals surface area (Å²) in [5.74, 6) is -0.386. The molecule has 2 atom stereocenters. The van der Waals surface area contributed by atoms with Crippen molar-refractivity contribution in [2.24, 2.45) is 0 Å². The number of quaternary nitrogens is 1. The molecule has 0 aromatic carbocycles. The second-order valence-corrected chi connectivity index (χ2v) is 15.6. The number of allylic oxidation sites excluding steroid dienone is 4. The molecule has 0 aliphatic heterocycles. The van der Waals surface area contributed by atoms with E-state index in [0.29, 0.717) is 17.3 Å². The van der Waals surface area contributed by atoms with Crippen molar-refractivity contribution >= 4 is 11.9 Å². The first-order valence-electron chi connectivity index (χ1n) is 21.6. The van der Waals surface area contributed by atoms with Crippen LogP contribution in [0.3, 0.4) is 0 Å². The minimum Gasteiger partial charge on any atom is -1.00 e. The first-order valence-corrected chi connectivity index (χ1v) is 21.6. The van der Waals surface area contributed by atoms with Gasteiger partial charge in [0.25, 0.3) is 6.23 Å². The van der Waals surface area contributed by atoms with Gasteiger partial charge in [-0.1, -0.05) is 161 Å². The van der Waals surface area contributed by atoms with Gasteiger partial charge in [-0.15, -0.1) is 0 Å². The van der Waals surface area contributed by atoms with Crippen LogP contribution in [0.25, 0.3) is 0 Å². The van der Waals surface area contributed by atoms with Gasteiger partial charge in [0.2, 0.25) is 0 Å². The minimum absolute atomic E-state index is 0. The van der Waals surface area contributed by atoms with Crippen LogP contribution in [-0.4, -0.2) is 49.9 Å². The number of carbonyl (C=O) groups is 2. The first kappa shape index (κ1) is 54.0. The zero-order chi connectivity index (χ0) is 37.6. The van der Waals surface area contributed by atoms with E-state index >= 15 is 0 Å². The summed E-state index contributed by atoms with van der Waals surface area (Å²) in [6.45, 7) is 10.6. The molecule has 0 radical (unpaired) electrons. The Balaban J connectivity index is -0.00000554. The lowest BCUT2D eigenvalue weighted by molar-refractivity contribution is -0.920. The van der Waals surface area contributed by atoms with Crippen LogP contribution >= 0.6 is 0 Å². The van der Waals surface area contributed by atoms with Crippen LogP contribution in [0.2, 0.25) is 0 Å². The molecule has 0 heterocycles. The van der Waals surface area contributed by atoms with Crippen LogP contribution in [0.1, 0.15) is 221 Å². The molecule has 6 heteroatoms. The number of likely N-dealkylation sites (N-methyl/N-ethyl adjacent to an activating group) is 1. The standard InChI is InChI=1S/C42H80NO4.C3H8.ClH/c1-7-9-11-13-15-17-19-21-23-25-27-29-31-33-35-37-40(44)46-39(3)42(43(4,5)6)47-41(45)38-36-34-32-30-28-26-24-22-20-18-16-14-12-10-8-2;1-3-2;/h21-24,39,42H,7-20,25-38H2,1-6H3;3H2,1-2H3;1H/q+1;;/p-1/b23-21-,24-22-;;. The summed E-state index contributed by atoms with van der Waals surface area (Å²) < 4.78 is 12.0. The van der Waals surface area contributed by atoms with Gasteiger partial charge in [0.15, 0.2) is 6.10 Å². The van der Waals surface area contributed by atoms with Gasteiger partial charge in [-0.2, -0.15) is 0 Å². The molecule has 0 aromatic heterocycles. The van der Waals surface area contributed by atoms with Crippen LogP contribution in [0, 0.1) is 0 Å². The summed E-state index contributed by atoms with van der Waals surface area (Å²) in [5, 5.41) is 0. The second-order valence-electron chi connectivity index (χ2n) is 15.6. The number of rotatable bonds is 34. The molecule has 0 aliphatic carbocycles. The molecule has 0 aromatic rings. The van der Waals surface area contributed by atoms with Crippen molar-refractivity contribution in [3.05, 3.63) is 24.3 Å². The van der Waals surface area contributed by atoms with E-state index in [-0.39, 0.29) is 24.3 Å². The largest absolute Gasteiger partial charge is 1.00 e. The van der Waals surface area contributed by atoms with Gasteiger partial charge in [-0.3, -0.25) is 14.1 Å². The molecule has 0 N–H and O–H groups in total. The first-order chi connectivity index (χ1) is 24.1. The lowest BCUT2D eigenvalue weighted by Gasteiger charge is -2.36. The van der Waals surface area contributed by atoms with E-state index in [0.717, 1.165) is 51.4 Å². The van der Waals surface area contributed by atoms with Crippen molar-refractivity contribution in [2.75, 3.05) is 21.1 Å². The number of ether oxygens (including phenoxy) is 2. The highest BCUT2D eigenvalue weighted by Gasteiger charge is 2.36. The van der Waals surface area contributed by atoms with Crippen molar-refractivity contribution < 1.29 is 36.0 Å². The van der Waals surface area contributed by atoms with Crippen LogP contribution in [0.15, 0.2) is 24.3 Å². The number of esters is 2. The van der Waals surface area contributed by atoms with Crippen molar-refractivity contribution in [1.29, 1.82) is 0 Å².